The minimum absolute atomic E-state index is 0.198. The molecule has 0 spiro atoms. The number of ketones is 1. The second-order valence-corrected chi connectivity index (χ2v) is 5.09. The third kappa shape index (κ3) is 2.11. The molecule has 0 atom stereocenters. The van der Waals surface area contributed by atoms with Crippen LogP contribution < -0.4 is 0 Å². The van der Waals surface area contributed by atoms with Crippen molar-refractivity contribution in [2.24, 2.45) is 5.92 Å². The molecule has 0 unspecified atom stereocenters. The highest BCUT2D eigenvalue weighted by Gasteiger charge is 2.39. The van der Waals surface area contributed by atoms with Gasteiger partial charge >= 0.3 is 0 Å². The van der Waals surface area contributed by atoms with Gasteiger partial charge in [-0.2, -0.15) is 4.37 Å². The van der Waals surface area contributed by atoms with Gasteiger partial charge in [-0.25, -0.2) is 0 Å². The van der Waals surface area contributed by atoms with Crippen molar-refractivity contribution < 1.29 is 9.90 Å². The Morgan fingerprint density at radius 3 is 2.80 bits per heavy atom. The summed E-state index contributed by atoms with van der Waals surface area (Å²) in [7, 11) is 0. The largest absolute Gasteiger partial charge is 0.382 e. The Kier molecular flexibility index (Phi) is 2.89. The third-order valence-electron chi connectivity index (χ3n) is 3.19. The molecule has 82 valence electrons. The predicted octanol–water partition coefficient (Wildman–Crippen LogP) is 2.27. The number of carbonyl (C=O) groups is 1. The summed E-state index contributed by atoms with van der Waals surface area (Å²) < 4.78 is 3.99. The second kappa shape index (κ2) is 4.02. The second-order valence-electron chi connectivity index (χ2n) is 4.43. The van der Waals surface area contributed by atoms with Crippen LogP contribution in [-0.2, 0) is 0 Å². The maximum atomic E-state index is 12.0. The van der Waals surface area contributed by atoms with Gasteiger partial charge in [0.15, 0.2) is 0 Å². The molecular weight excluding hydrogens is 210 g/mol. The Labute approximate surface area is 93.3 Å². The van der Waals surface area contributed by atoms with E-state index < -0.39 is 5.60 Å². The zero-order valence-corrected chi connectivity index (χ0v) is 9.59. The highest BCUT2D eigenvalue weighted by Crippen LogP contribution is 2.34. The van der Waals surface area contributed by atoms with Gasteiger partial charge in [0, 0.05) is 5.38 Å². The van der Waals surface area contributed by atoms with Crippen molar-refractivity contribution in [1.29, 1.82) is 0 Å². The molecule has 1 saturated carbocycles. The molecule has 2 rings (SSSR count). The molecule has 1 aliphatic carbocycles. The predicted molar refractivity (Wildman–Crippen MR) is 59.0 cm³/mol. The lowest BCUT2D eigenvalue weighted by Gasteiger charge is -2.32. The number of nitrogens with zero attached hydrogens (tertiary/aromatic N) is 1. The van der Waals surface area contributed by atoms with Crippen molar-refractivity contribution in [3.8, 4) is 0 Å². The van der Waals surface area contributed by atoms with Crippen molar-refractivity contribution in [3.63, 3.8) is 0 Å². The van der Waals surface area contributed by atoms with Crippen LogP contribution in [-0.4, -0.2) is 20.9 Å². The van der Waals surface area contributed by atoms with Crippen LogP contribution in [0.5, 0.6) is 0 Å². The quantitative estimate of drug-likeness (QED) is 0.785. The molecule has 0 radical (unpaired) electrons. The van der Waals surface area contributed by atoms with Gasteiger partial charge < -0.3 is 5.11 Å². The van der Waals surface area contributed by atoms with E-state index in [1.165, 1.54) is 11.5 Å². The number of Topliss-reactive ketones (excluding diaryl/α,β-unsaturated/α-hetero) is 1. The van der Waals surface area contributed by atoms with Gasteiger partial charge in [-0.05, 0) is 49.2 Å². The number of hydrogen-bond acceptors (Lipinski definition) is 4. The fraction of sp³-hybridized carbons (Fsp3) is 0.636. The summed E-state index contributed by atoms with van der Waals surface area (Å²) in [5.74, 6) is 0.421. The molecule has 1 heterocycles. The van der Waals surface area contributed by atoms with E-state index >= 15 is 0 Å². The zero-order valence-electron chi connectivity index (χ0n) is 8.77. The van der Waals surface area contributed by atoms with Crippen molar-refractivity contribution >= 4 is 17.3 Å². The number of aromatic nitrogens is 1. The average molecular weight is 225 g/mol. The number of carbonyl (C=O) groups excluding carboxylic acids is 1. The first-order valence-electron chi connectivity index (χ1n) is 5.29. The van der Waals surface area contributed by atoms with Crippen molar-refractivity contribution in [3.05, 3.63) is 17.1 Å². The van der Waals surface area contributed by atoms with E-state index in [9.17, 15) is 9.90 Å². The van der Waals surface area contributed by atoms with Crippen LogP contribution in [0, 0.1) is 5.92 Å². The minimum Gasteiger partial charge on any atom is -0.382 e. The number of hydrogen-bond donors (Lipinski definition) is 1. The monoisotopic (exact) mass is 225 g/mol. The lowest BCUT2D eigenvalue weighted by atomic mass is 9.76. The SMILES string of the molecule is CC1CCC(O)(C(=O)c2ccsn2)CC1. The third-order valence-corrected chi connectivity index (χ3v) is 3.75. The van der Waals surface area contributed by atoms with Gasteiger partial charge in [-0.3, -0.25) is 4.79 Å². The molecule has 3 nitrogen and oxygen atoms in total. The Morgan fingerprint density at radius 1 is 1.60 bits per heavy atom. The summed E-state index contributed by atoms with van der Waals surface area (Å²) in [5, 5.41) is 12.0. The smallest absolute Gasteiger partial charge is 0.213 e. The Bertz CT molecular complexity index is 339. The Balaban J connectivity index is 2.13. The molecule has 1 N–H and O–H groups in total. The number of aliphatic hydroxyl groups is 1. The lowest BCUT2D eigenvalue weighted by molar-refractivity contribution is 0.00392. The van der Waals surface area contributed by atoms with E-state index in [1.54, 1.807) is 11.4 Å². The van der Waals surface area contributed by atoms with E-state index in [-0.39, 0.29) is 5.78 Å². The minimum atomic E-state index is -1.15. The maximum absolute atomic E-state index is 12.0. The molecule has 0 amide bonds. The van der Waals surface area contributed by atoms with Crippen LogP contribution >= 0.6 is 11.5 Å². The Morgan fingerprint density at radius 2 is 2.27 bits per heavy atom. The summed E-state index contributed by atoms with van der Waals surface area (Å²) in [6.45, 7) is 2.16. The fourth-order valence-electron chi connectivity index (χ4n) is 2.03. The first-order chi connectivity index (χ1) is 7.12. The van der Waals surface area contributed by atoms with Gasteiger partial charge in [0.25, 0.3) is 0 Å². The first kappa shape index (κ1) is 10.8. The topological polar surface area (TPSA) is 50.2 Å². The van der Waals surface area contributed by atoms with Gasteiger partial charge in [-0.1, -0.05) is 6.92 Å². The van der Waals surface area contributed by atoms with Gasteiger partial charge in [0.05, 0.1) is 0 Å². The number of rotatable bonds is 2. The Hall–Kier alpha value is -0.740. The normalized spacial score (nSPS) is 31.5. The van der Waals surface area contributed by atoms with E-state index in [1.807, 2.05) is 0 Å². The van der Waals surface area contributed by atoms with Crippen LogP contribution in [0.1, 0.15) is 43.1 Å². The molecular formula is C11H15NO2S. The summed E-state index contributed by atoms with van der Waals surface area (Å²) in [5.41, 5.74) is -0.738. The summed E-state index contributed by atoms with van der Waals surface area (Å²) in [6.07, 6.45) is 2.99. The van der Waals surface area contributed by atoms with Crippen LogP contribution in [0.4, 0.5) is 0 Å². The molecule has 1 fully saturated rings. The molecule has 0 aromatic carbocycles. The van der Waals surface area contributed by atoms with Crippen LogP contribution in [0.3, 0.4) is 0 Å². The first-order valence-corrected chi connectivity index (χ1v) is 6.13. The van der Waals surface area contributed by atoms with E-state index in [0.29, 0.717) is 24.5 Å². The molecule has 0 aliphatic heterocycles. The molecule has 1 aromatic heterocycles. The molecule has 4 heteroatoms. The van der Waals surface area contributed by atoms with Crippen molar-refractivity contribution in [2.75, 3.05) is 0 Å². The highest BCUT2D eigenvalue weighted by atomic mass is 32.1. The van der Waals surface area contributed by atoms with E-state index in [0.717, 1.165) is 12.8 Å². The molecule has 0 saturated heterocycles. The van der Waals surface area contributed by atoms with Crippen LogP contribution in [0.25, 0.3) is 0 Å². The van der Waals surface area contributed by atoms with Crippen molar-refractivity contribution in [1.82, 2.24) is 4.37 Å². The summed E-state index contributed by atoms with van der Waals surface area (Å²) in [6, 6.07) is 1.68. The molecule has 15 heavy (non-hydrogen) atoms. The average Bonchev–Trinajstić information content (AvgIpc) is 2.75. The van der Waals surface area contributed by atoms with E-state index in [2.05, 4.69) is 11.3 Å². The summed E-state index contributed by atoms with van der Waals surface area (Å²) >= 11 is 1.25. The molecule has 1 aromatic rings. The van der Waals surface area contributed by atoms with Gasteiger partial charge in [0.2, 0.25) is 5.78 Å². The standard InChI is InChI=1S/C11H15NO2S/c1-8-2-5-11(14,6-3-8)10(13)9-4-7-15-12-9/h4,7-8,14H,2-3,5-6H2,1H3. The molecule has 1 aliphatic rings. The highest BCUT2D eigenvalue weighted by molar-refractivity contribution is 7.03. The van der Waals surface area contributed by atoms with Gasteiger partial charge in [-0.15, -0.1) is 0 Å². The summed E-state index contributed by atoms with van der Waals surface area (Å²) in [4.78, 5) is 12.0. The van der Waals surface area contributed by atoms with E-state index in [4.69, 9.17) is 0 Å². The van der Waals surface area contributed by atoms with Crippen LogP contribution in [0.2, 0.25) is 0 Å². The van der Waals surface area contributed by atoms with Gasteiger partial charge in [0.1, 0.15) is 11.3 Å². The molecule has 0 bridgehead atoms. The fourth-order valence-corrected chi connectivity index (χ4v) is 2.54. The lowest BCUT2D eigenvalue weighted by Crippen LogP contribution is -2.42. The zero-order chi connectivity index (χ0) is 10.9. The maximum Gasteiger partial charge on any atom is 0.213 e. The van der Waals surface area contributed by atoms with Crippen LogP contribution in [0.15, 0.2) is 11.4 Å². The van der Waals surface area contributed by atoms with Crippen molar-refractivity contribution in [2.45, 2.75) is 38.2 Å².